The number of aromatic nitrogens is 2. The van der Waals surface area contributed by atoms with Crippen molar-refractivity contribution in [1.29, 1.82) is 0 Å². The highest BCUT2D eigenvalue weighted by Crippen LogP contribution is 2.40. The number of rotatable bonds is 2. The van der Waals surface area contributed by atoms with Crippen molar-refractivity contribution in [1.82, 2.24) is 14.9 Å². The summed E-state index contributed by atoms with van der Waals surface area (Å²) in [5, 5.41) is 4.60. The third-order valence-electron chi connectivity index (χ3n) is 5.26. The molecule has 2 aliphatic rings. The Kier molecular flexibility index (Phi) is 2.96. The molecule has 3 heterocycles. The molecule has 0 amide bonds. The maximum absolute atomic E-state index is 6.24. The molecule has 1 spiro atoms. The van der Waals surface area contributed by atoms with Crippen LogP contribution in [0.1, 0.15) is 31.2 Å². The molecule has 1 aliphatic carbocycles. The molecule has 1 saturated carbocycles. The lowest BCUT2D eigenvalue weighted by atomic mass is 9.69. The zero-order valence-corrected chi connectivity index (χ0v) is 12.9. The molecule has 4 rings (SSSR count). The maximum atomic E-state index is 6.24. The van der Waals surface area contributed by atoms with Crippen LogP contribution in [0.15, 0.2) is 18.3 Å². The monoisotopic (exact) mass is 285 g/mol. The molecule has 0 aromatic carbocycles. The van der Waals surface area contributed by atoms with Gasteiger partial charge in [-0.05, 0) is 50.2 Å². The van der Waals surface area contributed by atoms with E-state index in [1.165, 1.54) is 31.3 Å². The Labute approximate surface area is 125 Å². The Balaban J connectivity index is 1.51. The fourth-order valence-corrected chi connectivity index (χ4v) is 3.71. The molecule has 112 valence electrons. The smallest absolute Gasteiger partial charge is 0.218 e. The summed E-state index contributed by atoms with van der Waals surface area (Å²) in [6.45, 7) is 4.49. The van der Waals surface area contributed by atoms with Crippen LogP contribution in [0.25, 0.3) is 11.0 Å². The summed E-state index contributed by atoms with van der Waals surface area (Å²) in [5.41, 5.74) is 2.73. The van der Waals surface area contributed by atoms with Gasteiger partial charge in [0, 0.05) is 37.3 Å². The first kappa shape index (κ1) is 13.1. The van der Waals surface area contributed by atoms with Crippen molar-refractivity contribution in [2.24, 2.45) is 12.5 Å². The Morgan fingerprint density at radius 1 is 1.33 bits per heavy atom. The van der Waals surface area contributed by atoms with Crippen LogP contribution in [-0.4, -0.2) is 28.7 Å². The van der Waals surface area contributed by atoms with Crippen molar-refractivity contribution in [2.75, 3.05) is 13.1 Å². The van der Waals surface area contributed by atoms with Gasteiger partial charge in [0.25, 0.3) is 0 Å². The van der Waals surface area contributed by atoms with Crippen LogP contribution >= 0.6 is 0 Å². The van der Waals surface area contributed by atoms with E-state index in [4.69, 9.17) is 9.72 Å². The summed E-state index contributed by atoms with van der Waals surface area (Å²) in [4.78, 5) is 4.73. The van der Waals surface area contributed by atoms with E-state index >= 15 is 0 Å². The Bertz CT molecular complexity index is 662. The summed E-state index contributed by atoms with van der Waals surface area (Å²) in [6, 6.07) is 4.28. The van der Waals surface area contributed by atoms with E-state index in [9.17, 15) is 0 Å². The molecular weight excluding hydrogens is 262 g/mol. The van der Waals surface area contributed by atoms with Gasteiger partial charge in [-0.2, -0.15) is 4.98 Å². The number of fused-ring (bicyclic) bond motifs is 1. The largest absolute Gasteiger partial charge is 0.474 e. The number of nitrogens with zero attached hydrogens (tertiary/aromatic N) is 2. The van der Waals surface area contributed by atoms with E-state index in [1.54, 1.807) is 0 Å². The minimum absolute atomic E-state index is 0.333. The van der Waals surface area contributed by atoms with E-state index in [-0.39, 0.29) is 0 Å². The van der Waals surface area contributed by atoms with Gasteiger partial charge in [-0.3, -0.25) is 0 Å². The lowest BCUT2D eigenvalue weighted by Crippen LogP contribution is -2.55. The molecule has 2 aromatic heterocycles. The first-order chi connectivity index (χ1) is 10.2. The summed E-state index contributed by atoms with van der Waals surface area (Å²) in [5.74, 6) is 0.817. The zero-order chi connectivity index (χ0) is 14.4. The third-order valence-corrected chi connectivity index (χ3v) is 5.26. The van der Waals surface area contributed by atoms with Crippen LogP contribution < -0.4 is 10.1 Å². The second-order valence-electron chi connectivity index (χ2n) is 6.87. The second kappa shape index (κ2) is 4.73. The molecule has 0 unspecified atom stereocenters. The van der Waals surface area contributed by atoms with Gasteiger partial charge in [-0.15, -0.1) is 0 Å². The number of nitrogens with one attached hydrogen (secondary N) is 1. The molecule has 21 heavy (non-hydrogen) atoms. The summed E-state index contributed by atoms with van der Waals surface area (Å²) in [6.07, 6.45) is 7.28. The normalized spacial score (nSPS) is 21.6. The SMILES string of the molecule is Cc1cc2ccn(C)c2nc1OC1CCC2(CC1)CNC2. The van der Waals surface area contributed by atoms with Crippen LogP contribution in [0.2, 0.25) is 0 Å². The molecule has 1 aliphatic heterocycles. The van der Waals surface area contributed by atoms with Crippen molar-refractivity contribution in [3.8, 4) is 5.88 Å². The molecular formula is C17H23N3O. The predicted octanol–water partition coefficient (Wildman–Crippen LogP) is 2.79. The van der Waals surface area contributed by atoms with Gasteiger partial charge in [0.1, 0.15) is 11.8 Å². The topological polar surface area (TPSA) is 39.1 Å². The van der Waals surface area contributed by atoms with Gasteiger partial charge >= 0.3 is 0 Å². The predicted molar refractivity (Wildman–Crippen MR) is 83.6 cm³/mol. The van der Waals surface area contributed by atoms with Gasteiger partial charge < -0.3 is 14.6 Å². The molecule has 0 bridgehead atoms. The van der Waals surface area contributed by atoms with Crippen molar-refractivity contribution < 1.29 is 4.74 Å². The van der Waals surface area contributed by atoms with E-state index in [0.29, 0.717) is 11.5 Å². The number of pyridine rings is 1. The van der Waals surface area contributed by atoms with Gasteiger partial charge in [0.15, 0.2) is 0 Å². The average molecular weight is 285 g/mol. The fraction of sp³-hybridized carbons (Fsp3) is 0.588. The first-order valence-electron chi connectivity index (χ1n) is 7.95. The second-order valence-corrected chi connectivity index (χ2v) is 6.87. The van der Waals surface area contributed by atoms with E-state index in [1.807, 2.05) is 7.05 Å². The quantitative estimate of drug-likeness (QED) is 0.922. The molecule has 2 aromatic rings. The maximum Gasteiger partial charge on any atom is 0.218 e. The Hall–Kier alpha value is -1.55. The van der Waals surface area contributed by atoms with Crippen LogP contribution in [0.3, 0.4) is 0 Å². The van der Waals surface area contributed by atoms with Gasteiger partial charge in [-0.1, -0.05) is 0 Å². The highest BCUT2D eigenvalue weighted by atomic mass is 16.5. The zero-order valence-electron chi connectivity index (χ0n) is 12.9. The first-order valence-corrected chi connectivity index (χ1v) is 7.95. The Morgan fingerprint density at radius 3 is 2.76 bits per heavy atom. The van der Waals surface area contributed by atoms with Crippen molar-refractivity contribution in [3.63, 3.8) is 0 Å². The average Bonchev–Trinajstić information content (AvgIpc) is 2.79. The van der Waals surface area contributed by atoms with Crippen molar-refractivity contribution in [2.45, 2.75) is 38.7 Å². The van der Waals surface area contributed by atoms with Crippen LogP contribution in [-0.2, 0) is 7.05 Å². The fourth-order valence-electron chi connectivity index (χ4n) is 3.71. The number of ether oxygens (including phenoxy) is 1. The molecule has 0 radical (unpaired) electrons. The highest BCUT2D eigenvalue weighted by molar-refractivity contribution is 5.77. The lowest BCUT2D eigenvalue weighted by Gasteiger charge is -2.47. The number of hydrogen-bond acceptors (Lipinski definition) is 3. The highest BCUT2D eigenvalue weighted by Gasteiger charge is 2.40. The van der Waals surface area contributed by atoms with Gasteiger partial charge in [-0.25, -0.2) is 0 Å². The molecule has 4 nitrogen and oxygen atoms in total. The molecule has 0 atom stereocenters. The van der Waals surface area contributed by atoms with Crippen LogP contribution in [0.4, 0.5) is 0 Å². The lowest BCUT2D eigenvalue weighted by molar-refractivity contribution is 0.0400. The molecule has 4 heteroatoms. The van der Waals surface area contributed by atoms with Crippen molar-refractivity contribution >= 4 is 11.0 Å². The van der Waals surface area contributed by atoms with E-state index < -0.39 is 0 Å². The van der Waals surface area contributed by atoms with E-state index in [0.717, 1.165) is 29.9 Å². The third kappa shape index (κ3) is 2.22. The van der Waals surface area contributed by atoms with E-state index in [2.05, 4.69) is 35.1 Å². The van der Waals surface area contributed by atoms with Gasteiger partial charge in [0.05, 0.1) is 0 Å². The Morgan fingerprint density at radius 2 is 2.10 bits per heavy atom. The molecule has 1 saturated heterocycles. The van der Waals surface area contributed by atoms with Gasteiger partial charge in [0.2, 0.25) is 5.88 Å². The minimum atomic E-state index is 0.333. The summed E-state index contributed by atoms with van der Waals surface area (Å²) < 4.78 is 8.29. The minimum Gasteiger partial charge on any atom is -0.474 e. The van der Waals surface area contributed by atoms with Crippen LogP contribution in [0, 0.1) is 12.3 Å². The van der Waals surface area contributed by atoms with Crippen molar-refractivity contribution in [3.05, 3.63) is 23.9 Å². The van der Waals surface area contributed by atoms with Crippen LogP contribution in [0.5, 0.6) is 5.88 Å². The molecule has 2 fully saturated rings. The standard InChI is InChI=1S/C17H23N3O/c1-12-9-13-5-8-20(2)15(13)19-16(12)21-14-3-6-17(7-4-14)10-18-11-17/h5,8-9,14,18H,3-4,6-7,10-11H2,1-2H3. The summed E-state index contributed by atoms with van der Waals surface area (Å²) in [7, 11) is 2.03. The number of aryl methyl sites for hydroxylation is 2. The number of hydrogen-bond donors (Lipinski definition) is 1. The summed E-state index contributed by atoms with van der Waals surface area (Å²) >= 11 is 0. The molecule has 1 N–H and O–H groups in total.